The molecular weight excluding hydrogens is 380 g/mol. The van der Waals surface area contributed by atoms with Crippen LogP contribution in [-0.4, -0.2) is 48.1 Å². The summed E-state index contributed by atoms with van der Waals surface area (Å²) in [4.78, 5) is 27.9. The molecular formula is C24H32N2O4. The van der Waals surface area contributed by atoms with Gasteiger partial charge in [-0.1, -0.05) is 56.3 Å². The van der Waals surface area contributed by atoms with Crippen LogP contribution in [0.15, 0.2) is 54.6 Å². The van der Waals surface area contributed by atoms with Crippen LogP contribution in [0, 0.1) is 5.92 Å². The Bertz CT molecular complexity index is 791. The van der Waals surface area contributed by atoms with E-state index in [2.05, 4.69) is 5.32 Å². The fourth-order valence-corrected chi connectivity index (χ4v) is 3.19. The molecule has 0 aliphatic heterocycles. The number of aliphatic hydroxyl groups excluding tert-OH is 1. The summed E-state index contributed by atoms with van der Waals surface area (Å²) in [7, 11) is 1.61. The summed E-state index contributed by atoms with van der Waals surface area (Å²) in [5, 5.41) is 11.9. The molecule has 1 unspecified atom stereocenters. The number of hydrogen-bond donors (Lipinski definition) is 2. The van der Waals surface area contributed by atoms with Gasteiger partial charge in [0.1, 0.15) is 11.8 Å². The molecule has 6 heteroatoms. The summed E-state index contributed by atoms with van der Waals surface area (Å²) >= 11 is 0. The highest BCUT2D eigenvalue weighted by Gasteiger charge is 2.31. The lowest BCUT2D eigenvalue weighted by molar-refractivity contribution is -0.143. The number of ether oxygens (including phenoxy) is 1. The van der Waals surface area contributed by atoms with Gasteiger partial charge in [-0.25, -0.2) is 0 Å². The van der Waals surface area contributed by atoms with Gasteiger partial charge in [-0.05, 0) is 29.7 Å². The maximum absolute atomic E-state index is 13.1. The van der Waals surface area contributed by atoms with Gasteiger partial charge in [0.25, 0.3) is 0 Å². The number of benzene rings is 2. The molecule has 0 aromatic heterocycles. The van der Waals surface area contributed by atoms with Crippen LogP contribution in [0.5, 0.6) is 5.75 Å². The summed E-state index contributed by atoms with van der Waals surface area (Å²) in [6, 6.07) is 16.5. The zero-order chi connectivity index (χ0) is 21.9. The summed E-state index contributed by atoms with van der Waals surface area (Å²) in [5.41, 5.74) is 1.90. The number of nitrogens with zero attached hydrogens (tertiary/aromatic N) is 1. The van der Waals surface area contributed by atoms with Crippen LogP contribution in [0.25, 0.3) is 0 Å². The van der Waals surface area contributed by atoms with E-state index in [0.717, 1.165) is 16.9 Å². The first-order valence-electron chi connectivity index (χ1n) is 10.3. The Kier molecular flexibility index (Phi) is 9.35. The van der Waals surface area contributed by atoms with Crippen molar-refractivity contribution in [2.24, 2.45) is 5.92 Å². The molecule has 0 bridgehead atoms. The van der Waals surface area contributed by atoms with Gasteiger partial charge in [-0.2, -0.15) is 0 Å². The van der Waals surface area contributed by atoms with Crippen molar-refractivity contribution in [2.75, 3.05) is 20.3 Å². The van der Waals surface area contributed by atoms with E-state index < -0.39 is 6.04 Å². The second kappa shape index (κ2) is 12.0. The van der Waals surface area contributed by atoms with Gasteiger partial charge in [-0.15, -0.1) is 0 Å². The third kappa shape index (κ3) is 6.88. The minimum Gasteiger partial charge on any atom is -0.497 e. The molecule has 0 saturated carbocycles. The van der Waals surface area contributed by atoms with E-state index in [9.17, 15) is 9.59 Å². The molecule has 30 heavy (non-hydrogen) atoms. The first kappa shape index (κ1) is 23.4. The van der Waals surface area contributed by atoms with E-state index >= 15 is 0 Å². The third-order valence-electron chi connectivity index (χ3n) is 4.87. The molecule has 2 N–H and O–H groups in total. The Morgan fingerprint density at radius 1 is 1.03 bits per heavy atom. The summed E-state index contributed by atoms with van der Waals surface area (Å²) in [6.45, 7) is 4.38. The first-order valence-corrected chi connectivity index (χ1v) is 10.3. The molecule has 0 aliphatic carbocycles. The summed E-state index contributed by atoms with van der Waals surface area (Å²) in [5.74, 6) is 0.203. The number of nitrogens with one attached hydrogen (secondary N) is 1. The van der Waals surface area contributed by atoms with Crippen molar-refractivity contribution in [3.8, 4) is 5.75 Å². The van der Waals surface area contributed by atoms with Gasteiger partial charge in [0.15, 0.2) is 0 Å². The number of rotatable bonds is 11. The molecule has 0 radical (unpaired) electrons. The summed E-state index contributed by atoms with van der Waals surface area (Å²) < 4.78 is 5.21. The van der Waals surface area contributed by atoms with Crippen molar-refractivity contribution in [1.29, 1.82) is 0 Å². The molecule has 0 heterocycles. The monoisotopic (exact) mass is 412 g/mol. The molecule has 0 spiro atoms. The van der Waals surface area contributed by atoms with Crippen molar-refractivity contribution in [2.45, 2.75) is 39.3 Å². The predicted molar refractivity (Wildman–Crippen MR) is 117 cm³/mol. The fraction of sp³-hybridized carbons (Fsp3) is 0.417. The number of aliphatic hydroxyl groups is 1. The van der Waals surface area contributed by atoms with Gasteiger partial charge in [-0.3, -0.25) is 9.59 Å². The number of carbonyl (C=O) groups is 2. The zero-order valence-electron chi connectivity index (χ0n) is 18.0. The maximum Gasteiger partial charge on any atom is 0.243 e. The Hall–Kier alpha value is -2.86. The van der Waals surface area contributed by atoms with Crippen LogP contribution in [-0.2, 0) is 22.6 Å². The van der Waals surface area contributed by atoms with Crippen LogP contribution >= 0.6 is 0 Å². The van der Waals surface area contributed by atoms with Gasteiger partial charge in [0.05, 0.1) is 7.11 Å². The van der Waals surface area contributed by atoms with Crippen LogP contribution in [0.2, 0.25) is 0 Å². The smallest absolute Gasteiger partial charge is 0.243 e. The zero-order valence-corrected chi connectivity index (χ0v) is 18.0. The number of amides is 2. The van der Waals surface area contributed by atoms with Gasteiger partial charge in [0.2, 0.25) is 11.8 Å². The molecule has 2 amide bonds. The highest BCUT2D eigenvalue weighted by molar-refractivity contribution is 5.88. The van der Waals surface area contributed by atoms with E-state index in [1.54, 1.807) is 12.0 Å². The molecule has 2 aromatic rings. The topological polar surface area (TPSA) is 78.9 Å². The lowest BCUT2D eigenvalue weighted by Gasteiger charge is -2.33. The molecule has 2 rings (SSSR count). The normalized spacial score (nSPS) is 11.8. The van der Waals surface area contributed by atoms with Gasteiger partial charge in [0, 0.05) is 32.0 Å². The average Bonchev–Trinajstić information content (AvgIpc) is 2.76. The molecule has 1 atom stereocenters. The highest BCUT2D eigenvalue weighted by atomic mass is 16.5. The van der Waals surface area contributed by atoms with E-state index in [-0.39, 0.29) is 24.3 Å². The van der Waals surface area contributed by atoms with Crippen LogP contribution in [0.4, 0.5) is 0 Å². The van der Waals surface area contributed by atoms with Crippen LogP contribution in [0.1, 0.15) is 31.4 Å². The molecule has 0 saturated heterocycles. The SMILES string of the molecule is COc1ccc(CN(C(=O)C(C)C)C(Cc2ccccc2)C(=O)NCCCO)cc1. The van der Waals surface area contributed by atoms with E-state index in [1.165, 1.54) is 0 Å². The standard InChI is InChI=1S/C24H32N2O4/c1-18(2)24(29)26(17-20-10-12-21(30-3)13-11-20)22(23(28)25-14-7-15-27)16-19-8-5-4-6-9-19/h4-6,8-13,18,22,27H,7,14-17H2,1-3H3,(H,25,28). The van der Waals surface area contributed by atoms with E-state index in [1.807, 2.05) is 68.4 Å². The van der Waals surface area contributed by atoms with Gasteiger partial charge >= 0.3 is 0 Å². The van der Waals surface area contributed by atoms with Crippen molar-refractivity contribution in [3.63, 3.8) is 0 Å². The minimum absolute atomic E-state index is 0.00409. The highest BCUT2D eigenvalue weighted by Crippen LogP contribution is 2.19. The number of methoxy groups -OCH3 is 1. The first-order chi connectivity index (χ1) is 14.5. The van der Waals surface area contributed by atoms with Crippen molar-refractivity contribution >= 4 is 11.8 Å². The van der Waals surface area contributed by atoms with Crippen molar-refractivity contribution in [3.05, 3.63) is 65.7 Å². The van der Waals surface area contributed by atoms with E-state index in [0.29, 0.717) is 25.9 Å². The minimum atomic E-state index is -0.650. The lowest BCUT2D eigenvalue weighted by atomic mass is 10.0. The van der Waals surface area contributed by atoms with Crippen molar-refractivity contribution < 1.29 is 19.4 Å². The lowest BCUT2D eigenvalue weighted by Crippen LogP contribution is -2.51. The summed E-state index contributed by atoms with van der Waals surface area (Å²) in [6.07, 6.45) is 0.890. The predicted octanol–water partition coefficient (Wildman–Crippen LogP) is 2.79. The van der Waals surface area contributed by atoms with Crippen LogP contribution in [0.3, 0.4) is 0 Å². The quantitative estimate of drug-likeness (QED) is 0.556. The molecule has 0 fully saturated rings. The second-order valence-corrected chi connectivity index (χ2v) is 7.54. The number of hydrogen-bond acceptors (Lipinski definition) is 4. The Labute approximate surface area is 178 Å². The fourth-order valence-electron chi connectivity index (χ4n) is 3.19. The van der Waals surface area contributed by atoms with Crippen LogP contribution < -0.4 is 10.1 Å². The molecule has 2 aromatic carbocycles. The van der Waals surface area contributed by atoms with Crippen molar-refractivity contribution in [1.82, 2.24) is 10.2 Å². The Balaban J connectivity index is 2.33. The second-order valence-electron chi connectivity index (χ2n) is 7.54. The largest absolute Gasteiger partial charge is 0.497 e. The molecule has 0 aliphatic rings. The Morgan fingerprint density at radius 2 is 1.70 bits per heavy atom. The van der Waals surface area contributed by atoms with E-state index in [4.69, 9.17) is 9.84 Å². The molecule has 162 valence electrons. The molecule has 6 nitrogen and oxygen atoms in total. The average molecular weight is 413 g/mol. The third-order valence-corrected chi connectivity index (χ3v) is 4.87. The van der Waals surface area contributed by atoms with Gasteiger partial charge < -0.3 is 20.1 Å². The maximum atomic E-state index is 13.1. The number of carbonyl (C=O) groups excluding carboxylic acids is 2. The Morgan fingerprint density at radius 3 is 2.27 bits per heavy atom.